The molecule has 0 aromatic carbocycles. The number of aromatic nitrogens is 2. The number of hydrogen-bond acceptors (Lipinski definition) is 6. The van der Waals surface area contributed by atoms with Crippen molar-refractivity contribution in [3.8, 4) is 0 Å². The lowest BCUT2D eigenvalue weighted by molar-refractivity contribution is -0.124. The van der Waals surface area contributed by atoms with Crippen LogP contribution in [0.15, 0.2) is 0 Å². The zero-order valence-corrected chi connectivity index (χ0v) is 10.1. The van der Waals surface area contributed by atoms with Crippen molar-refractivity contribution in [1.82, 2.24) is 20.4 Å². The molecule has 1 aromatic heterocycles. The van der Waals surface area contributed by atoms with Crippen molar-refractivity contribution in [2.24, 2.45) is 5.73 Å². The van der Waals surface area contributed by atoms with Crippen molar-refractivity contribution in [2.45, 2.75) is 12.6 Å². The smallest absolute Gasteiger partial charge is 0.236 e. The van der Waals surface area contributed by atoms with Crippen LogP contribution in [0.2, 0.25) is 4.47 Å². The van der Waals surface area contributed by atoms with Gasteiger partial charge in [0, 0.05) is 19.6 Å². The highest BCUT2D eigenvalue weighted by atomic mass is 35.5. The summed E-state index contributed by atoms with van der Waals surface area (Å²) in [6.07, 6.45) is 0. The number of halogens is 1. The lowest BCUT2D eigenvalue weighted by Crippen LogP contribution is -2.56. The van der Waals surface area contributed by atoms with Crippen LogP contribution >= 0.6 is 22.9 Å². The molecule has 1 aliphatic heterocycles. The first-order valence-corrected chi connectivity index (χ1v) is 6.08. The molecule has 0 saturated carbocycles. The summed E-state index contributed by atoms with van der Waals surface area (Å²) < 4.78 is 0.417. The van der Waals surface area contributed by atoms with E-state index in [1.54, 1.807) is 0 Å². The molecular formula is C8H12ClN5OS. The van der Waals surface area contributed by atoms with E-state index in [-0.39, 0.29) is 11.9 Å². The van der Waals surface area contributed by atoms with Gasteiger partial charge in [0.25, 0.3) is 0 Å². The largest absolute Gasteiger partial charge is 0.368 e. The zero-order chi connectivity index (χ0) is 11.5. The van der Waals surface area contributed by atoms with Crippen LogP contribution in [0.4, 0.5) is 0 Å². The number of nitrogens with zero attached hydrogens (tertiary/aromatic N) is 3. The molecule has 0 radical (unpaired) electrons. The molecule has 1 aliphatic rings. The molecule has 1 saturated heterocycles. The number of carbonyl (C=O) groups excluding carboxylic acids is 1. The van der Waals surface area contributed by atoms with Crippen molar-refractivity contribution in [3.63, 3.8) is 0 Å². The molecule has 1 atom stereocenters. The number of amides is 1. The maximum atomic E-state index is 11.2. The average Bonchev–Trinajstić information content (AvgIpc) is 2.64. The van der Waals surface area contributed by atoms with Crippen LogP contribution < -0.4 is 11.1 Å². The standard InChI is InChI=1S/C8H12ClN5OS/c9-8-13-12-6(16-8)4-14-2-1-11-3-5(14)7(10)15/h5,11H,1-4H2,(H2,10,15). The quantitative estimate of drug-likeness (QED) is 0.763. The van der Waals surface area contributed by atoms with E-state index in [0.717, 1.165) is 18.1 Å². The molecule has 88 valence electrons. The van der Waals surface area contributed by atoms with Gasteiger partial charge in [-0.15, -0.1) is 10.2 Å². The summed E-state index contributed by atoms with van der Waals surface area (Å²) in [5.41, 5.74) is 5.34. The molecule has 1 unspecified atom stereocenters. The van der Waals surface area contributed by atoms with Crippen LogP contribution in [0.25, 0.3) is 0 Å². The molecule has 2 heterocycles. The van der Waals surface area contributed by atoms with Gasteiger partial charge in [0.2, 0.25) is 10.4 Å². The van der Waals surface area contributed by atoms with Gasteiger partial charge in [-0.3, -0.25) is 9.69 Å². The first-order chi connectivity index (χ1) is 7.66. The lowest BCUT2D eigenvalue weighted by atomic mass is 10.2. The molecule has 8 heteroatoms. The summed E-state index contributed by atoms with van der Waals surface area (Å²) in [5.74, 6) is -0.317. The topological polar surface area (TPSA) is 84.1 Å². The van der Waals surface area contributed by atoms with E-state index >= 15 is 0 Å². The maximum absolute atomic E-state index is 11.2. The van der Waals surface area contributed by atoms with Gasteiger partial charge in [0.1, 0.15) is 11.0 Å². The van der Waals surface area contributed by atoms with Crippen molar-refractivity contribution in [3.05, 3.63) is 9.47 Å². The fourth-order valence-corrected chi connectivity index (χ4v) is 2.58. The van der Waals surface area contributed by atoms with Gasteiger partial charge in [-0.25, -0.2) is 0 Å². The molecule has 1 fully saturated rings. The van der Waals surface area contributed by atoms with E-state index in [2.05, 4.69) is 15.5 Å². The summed E-state index contributed by atoms with van der Waals surface area (Å²) in [6, 6.07) is -0.281. The normalized spacial score (nSPS) is 22.2. The van der Waals surface area contributed by atoms with E-state index in [4.69, 9.17) is 17.3 Å². The molecule has 6 nitrogen and oxygen atoms in total. The third-order valence-corrected chi connectivity index (χ3v) is 3.47. The van der Waals surface area contributed by atoms with Crippen LogP contribution in [0.5, 0.6) is 0 Å². The Hall–Kier alpha value is -0.760. The van der Waals surface area contributed by atoms with Crippen molar-refractivity contribution in [2.75, 3.05) is 19.6 Å². The monoisotopic (exact) mass is 261 g/mol. The minimum absolute atomic E-state index is 0.281. The molecular weight excluding hydrogens is 250 g/mol. The SMILES string of the molecule is NC(=O)C1CNCCN1Cc1nnc(Cl)s1. The summed E-state index contributed by atoms with van der Waals surface area (Å²) in [6.45, 7) is 2.77. The number of nitrogens with one attached hydrogen (secondary N) is 1. The molecule has 1 amide bonds. The molecule has 0 aliphatic carbocycles. The summed E-state index contributed by atoms with van der Waals surface area (Å²) in [4.78, 5) is 13.2. The third-order valence-electron chi connectivity index (χ3n) is 2.46. The highest BCUT2D eigenvalue weighted by molar-refractivity contribution is 7.15. The average molecular weight is 262 g/mol. The minimum Gasteiger partial charge on any atom is -0.368 e. The highest BCUT2D eigenvalue weighted by Crippen LogP contribution is 2.18. The highest BCUT2D eigenvalue weighted by Gasteiger charge is 2.27. The molecule has 0 spiro atoms. The third kappa shape index (κ3) is 2.67. The Morgan fingerprint density at radius 2 is 2.50 bits per heavy atom. The Morgan fingerprint density at radius 3 is 3.12 bits per heavy atom. The first kappa shape index (κ1) is 11.7. The second kappa shape index (κ2) is 5.05. The number of primary amides is 1. The molecule has 0 bridgehead atoms. The zero-order valence-electron chi connectivity index (χ0n) is 8.52. The number of hydrogen-bond donors (Lipinski definition) is 2. The van der Waals surface area contributed by atoms with Gasteiger partial charge in [0.15, 0.2) is 0 Å². The Bertz CT molecular complexity index is 384. The molecule has 16 heavy (non-hydrogen) atoms. The number of nitrogens with two attached hydrogens (primary N) is 1. The summed E-state index contributed by atoms with van der Waals surface area (Å²) in [5, 5.41) is 11.6. The summed E-state index contributed by atoms with van der Waals surface area (Å²) >= 11 is 7.02. The van der Waals surface area contributed by atoms with Gasteiger partial charge in [-0.2, -0.15) is 0 Å². The van der Waals surface area contributed by atoms with Gasteiger partial charge in [-0.1, -0.05) is 11.3 Å². The van der Waals surface area contributed by atoms with Gasteiger partial charge in [-0.05, 0) is 11.6 Å². The van der Waals surface area contributed by atoms with Crippen LogP contribution in [0, 0.1) is 0 Å². The van der Waals surface area contributed by atoms with Gasteiger partial charge in [0.05, 0.1) is 6.54 Å². The Labute approximate surface area is 102 Å². The second-order valence-electron chi connectivity index (χ2n) is 3.54. The molecule has 3 N–H and O–H groups in total. The van der Waals surface area contributed by atoms with E-state index in [1.807, 2.05) is 4.90 Å². The van der Waals surface area contributed by atoms with Gasteiger partial charge >= 0.3 is 0 Å². The van der Waals surface area contributed by atoms with Crippen LogP contribution in [-0.4, -0.2) is 46.7 Å². The first-order valence-electron chi connectivity index (χ1n) is 4.89. The minimum atomic E-state index is -0.317. The lowest BCUT2D eigenvalue weighted by Gasteiger charge is -2.33. The molecule has 2 rings (SSSR count). The molecule has 1 aromatic rings. The second-order valence-corrected chi connectivity index (χ2v) is 5.19. The van der Waals surface area contributed by atoms with Crippen molar-refractivity contribution in [1.29, 1.82) is 0 Å². The number of piperazine rings is 1. The van der Waals surface area contributed by atoms with Crippen molar-refractivity contribution >= 4 is 28.8 Å². The van der Waals surface area contributed by atoms with Crippen LogP contribution in [0.1, 0.15) is 5.01 Å². The predicted octanol–water partition coefficient (Wildman–Crippen LogP) is -0.549. The van der Waals surface area contributed by atoms with E-state index in [1.165, 1.54) is 11.3 Å². The van der Waals surface area contributed by atoms with Crippen LogP contribution in [0.3, 0.4) is 0 Å². The summed E-state index contributed by atoms with van der Waals surface area (Å²) in [7, 11) is 0. The predicted molar refractivity (Wildman–Crippen MR) is 61.2 cm³/mol. The maximum Gasteiger partial charge on any atom is 0.236 e. The Morgan fingerprint density at radius 1 is 1.69 bits per heavy atom. The van der Waals surface area contributed by atoms with E-state index in [9.17, 15) is 4.79 Å². The van der Waals surface area contributed by atoms with E-state index in [0.29, 0.717) is 17.6 Å². The number of rotatable bonds is 3. The fourth-order valence-electron chi connectivity index (χ4n) is 1.69. The number of carbonyl (C=O) groups is 1. The Balaban J connectivity index is 2.03. The van der Waals surface area contributed by atoms with Crippen LogP contribution in [-0.2, 0) is 11.3 Å². The van der Waals surface area contributed by atoms with Crippen molar-refractivity contribution < 1.29 is 4.79 Å². The van der Waals surface area contributed by atoms with Gasteiger partial charge < -0.3 is 11.1 Å². The Kier molecular flexibility index (Phi) is 3.70. The fraction of sp³-hybridized carbons (Fsp3) is 0.625. The van der Waals surface area contributed by atoms with E-state index < -0.39 is 0 Å².